The van der Waals surface area contributed by atoms with Crippen LogP contribution in [-0.2, 0) is 17.6 Å². The minimum Gasteiger partial charge on any atom is -0.493 e. The zero-order valence-electron chi connectivity index (χ0n) is 14.9. The zero-order valence-corrected chi connectivity index (χ0v) is 14.9. The number of carbonyl (C=O) groups excluding carboxylic acids is 1. The standard InChI is InChI=1S/C21H25NO3/c1-24-19-12-10-15(14-20(19)25-2)11-13-21(23)22-18-9-5-7-16-6-3-4-8-17(16)18/h3-4,6,8,10,12,14,18H,5,7,9,11,13H2,1-2H3,(H,22,23)/t18-/m0/s1. The molecule has 4 heteroatoms. The lowest BCUT2D eigenvalue weighted by Crippen LogP contribution is -2.31. The van der Waals surface area contributed by atoms with E-state index >= 15 is 0 Å². The summed E-state index contributed by atoms with van der Waals surface area (Å²) in [6.45, 7) is 0. The minimum atomic E-state index is 0.0940. The van der Waals surface area contributed by atoms with Crippen LogP contribution in [0.2, 0.25) is 0 Å². The summed E-state index contributed by atoms with van der Waals surface area (Å²) in [5.41, 5.74) is 3.70. The monoisotopic (exact) mass is 339 g/mol. The Balaban J connectivity index is 1.59. The Labute approximate surface area is 149 Å². The Bertz CT molecular complexity index is 742. The fourth-order valence-corrected chi connectivity index (χ4v) is 3.46. The van der Waals surface area contributed by atoms with Crippen LogP contribution >= 0.6 is 0 Å². The van der Waals surface area contributed by atoms with Crippen molar-refractivity contribution in [2.75, 3.05) is 14.2 Å². The Hall–Kier alpha value is -2.49. The van der Waals surface area contributed by atoms with Crippen molar-refractivity contribution in [2.45, 2.75) is 38.1 Å². The maximum atomic E-state index is 12.4. The van der Waals surface area contributed by atoms with Crippen molar-refractivity contribution in [1.29, 1.82) is 0 Å². The van der Waals surface area contributed by atoms with Crippen LogP contribution in [0.15, 0.2) is 42.5 Å². The van der Waals surface area contributed by atoms with E-state index in [9.17, 15) is 4.79 Å². The van der Waals surface area contributed by atoms with Crippen LogP contribution in [0.1, 0.15) is 42.0 Å². The van der Waals surface area contributed by atoms with Gasteiger partial charge in [0.1, 0.15) is 0 Å². The highest BCUT2D eigenvalue weighted by atomic mass is 16.5. The molecule has 0 spiro atoms. The van der Waals surface area contributed by atoms with Gasteiger partial charge >= 0.3 is 0 Å². The Morgan fingerprint density at radius 3 is 2.72 bits per heavy atom. The molecule has 0 heterocycles. The predicted octanol–water partition coefficient (Wildman–Crippen LogP) is 3.83. The molecule has 25 heavy (non-hydrogen) atoms. The van der Waals surface area contributed by atoms with Gasteiger partial charge in [-0.2, -0.15) is 0 Å². The second kappa shape index (κ2) is 8.06. The quantitative estimate of drug-likeness (QED) is 0.870. The number of rotatable bonds is 6. The van der Waals surface area contributed by atoms with Gasteiger partial charge in [0.05, 0.1) is 20.3 Å². The van der Waals surface area contributed by atoms with Gasteiger partial charge in [-0.3, -0.25) is 4.79 Å². The fourth-order valence-electron chi connectivity index (χ4n) is 3.46. The maximum absolute atomic E-state index is 12.4. The summed E-state index contributed by atoms with van der Waals surface area (Å²) in [4.78, 5) is 12.4. The first-order valence-electron chi connectivity index (χ1n) is 8.79. The van der Waals surface area contributed by atoms with Crippen LogP contribution in [-0.4, -0.2) is 20.1 Å². The van der Waals surface area contributed by atoms with Crippen molar-refractivity contribution in [3.8, 4) is 11.5 Å². The lowest BCUT2D eigenvalue weighted by molar-refractivity contribution is -0.121. The number of amides is 1. The summed E-state index contributed by atoms with van der Waals surface area (Å²) in [5.74, 6) is 1.49. The molecule has 1 amide bonds. The van der Waals surface area contributed by atoms with E-state index in [1.165, 1.54) is 11.1 Å². The summed E-state index contributed by atoms with van der Waals surface area (Å²) in [5, 5.41) is 3.20. The summed E-state index contributed by atoms with van der Waals surface area (Å²) in [6, 6.07) is 14.3. The lowest BCUT2D eigenvalue weighted by Gasteiger charge is -2.26. The normalized spacial score (nSPS) is 16.0. The Kier molecular flexibility index (Phi) is 5.59. The van der Waals surface area contributed by atoms with E-state index in [-0.39, 0.29) is 11.9 Å². The lowest BCUT2D eigenvalue weighted by atomic mass is 9.87. The molecular weight excluding hydrogens is 314 g/mol. The predicted molar refractivity (Wildman–Crippen MR) is 98.1 cm³/mol. The number of benzene rings is 2. The largest absolute Gasteiger partial charge is 0.493 e. The van der Waals surface area contributed by atoms with Crippen molar-refractivity contribution >= 4 is 5.91 Å². The van der Waals surface area contributed by atoms with E-state index < -0.39 is 0 Å². The number of ether oxygens (including phenoxy) is 2. The number of aryl methyl sites for hydroxylation is 2. The van der Waals surface area contributed by atoms with Crippen molar-refractivity contribution in [3.05, 3.63) is 59.2 Å². The number of nitrogens with one attached hydrogen (secondary N) is 1. The molecule has 0 aliphatic heterocycles. The molecule has 3 rings (SSSR count). The first-order chi connectivity index (χ1) is 12.2. The molecule has 4 nitrogen and oxygen atoms in total. The zero-order chi connectivity index (χ0) is 17.6. The van der Waals surface area contributed by atoms with E-state index in [2.05, 4.69) is 23.5 Å². The first-order valence-corrected chi connectivity index (χ1v) is 8.79. The smallest absolute Gasteiger partial charge is 0.220 e. The molecule has 0 bridgehead atoms. The molecule has 0 fully saturated rings. The van der Waals surface area contributed by atoms with Crippen molar-refractivity contribution < 1.29 is 14.3 Å². The molecule has 0 saturated carbocycles. The third-order valence-corrected chi connectivity index (χ3v) is 4.79. The van der Waals surface area contributed by atoms with Gasteiger partial charge in [0.15, 0.2) is 11.5 Å². The molecule has 0 saturated heterocycles. The van der Waals surface area contributed by atoms with Gasteiger partial charge in [0.2, 0.25) is 5.91 Å². The number of carbonyl (C=O) groups is 1. The molecule has 1 atom stereocenters. The number of methoxy groups -OCH3 is 2. The maximum Gasteiger partial charge on any atom is 0.220 e. The molecule has 0 unspecified atom stereocenters. The van der Waals surface area contributed by atoms with Gasteiger partial charge in [0.25, 0.3) is 0 Å². The second-order valence-corrected chi connectivity index (χ2v) is 6.40. The average molecular weight is 339 g/mol. The van der Waals surface area contributed by atoms with Gasteiger partial charge in [-0.1, -0.05) is 30.3 Å². The number of hydrogen-bond donors (Lipinski definition) is 1. The SMILES string of the molecule is COc1ccc(CCC(=O)N[C@H]2CCCc3ccccc32)cc1OC. The van der Waals surface area contributed by atoms with Gasteiger partial charge < -0.3 is 14.8 Å². The van der Waals surface area contributed by atoms with E-state index in [0.717, 1.165) is 24.8 Å². The van der Waals surface area contributed by atoms with Gasteiger partial charge in [0, 0.05) is 6.42 Å². The van der Waals surface area contributed by atoms with E-state index in [1.807, 2.05) is 24.3 Å². The molecule has 0 radical (unpaired) electrons. The average Bonchev–Trinajstić information content (AvgIpc) is 2.66. The molecule has 2 aromatic rings. The van der Waals surface area contributed by atoms with Gasteiger partial charge in [-0.25, -0.2) is 0 Å². The van der Waals surface area contributed by atoms with Crippen molar-refractivity contribution in [1.82, 2.24) is 5.32 Å². The van der Waals surface area contributed by atoms with Gasteiger partial charge in [-0.05, 0) is 54.5 Å². The van der Waals surface area contributed by atoms with Crippen LogP contribution in [0, 0.1) is 0 Å². The number of hydrogen-bond acceptors (Lipinski definition) is 3. The Morgan fingerprint density at radius 2 is 1.92 bits per heavy atom. The molecule has 1 aliphatic rings. The van der Waals surface area contributed by atoms with Crippen LogP contribution in [0.3, 0.4) is 0 Å². The highest BCUT2D eigenvalue weighted by molar-refractivity contribution is 5.76. The van der Waals surface area contributed by atoms with E-state index in [1.54, 1.807) is 14.2 Å². The van der Waals surface area contributed by atoms with Crippen LogP contribution in [0.4, 0.5) is 0 Å². The van der Waals surface area contributed by atoms with E-state index in [0.29, 0.717) is 24.3 Å². The summed E-state index contributed by atoms with van der Waals surface area (Å²) in [7, 11) is 3.24. The highest BCUT2D eigenvalue weighted by Gasteiger charge is 2.21. The molecule has 2 aromatic carbocycles. The summed E-state index contributed by atoms with van der Waals surface area (Å²) in [6.07, 6.45) is 4.39. The highest BCUT2D eigenvalue weighted by Crippen LogP contribution is 2.30. The van der Waals surface area contributed by atoms with Crippen molar-refractivity contribution in [3.63, 3.8) is 0 Å². The van der Waals surface area contributed by atoms with Crippen LogP contribution in [0.5, 0.6) is 11.5 Å². The summed E-state index contributed by atoms with van der Waals surface area (Å²) >= 11 is 0. The third kappa shape index (κ3) is 4.13. The van der Waals surface area contributed by atoms with Crippen LogP contribution < -0.4 is 14.8 Å². The fraction of sp³-hybridized carbons (Fsp3) is 0.381. The first kappa shape index (κ1) is 17.3. The molecule has 0 aromatic heterocycles. The van der Waals surface area contributed by atoms with Crippen LogP contribution in [0.25, 0.3) is 0 Å². The third-order valence-electron chi connectivity index (χ3n) is 4.79. The topological polar surface area (TPSA) is 47.6 Å². The Morgan fingerprint density at radius 1 is 1.12 bits per heavy atom. The van der Waals surface area contributed by atoms with E-state index in [4.69, 9.17) is 9.47 Å². The molecule has 1 N–H and O–H groups in total. The summed E-state index contributed by atoms with van der Waals surface area (Å²) < 4.78 is 10.6. The molecular formula is C21H25NO3. The minimum absolute atomic E-state index is 0.0940. The molecule has 132 valence electrons. The van der Waals surface area contributed by atoms with Crippen molar-refractivity contribution in [2.24, 2.45) is 0 Å². The van der Waals surface area contributed by atoms with Gasteiger partial charge in [-0.15, -0.1) is 0 Å². The molecule has 1 aliphatic carbocycles. The number of fused-ring (bicyclic) bond motifs is 1. The second-order valence-electron chi connectivity index (χ2n) is 6.40.